The van der Waals surface area contributed by atoms with Crippen LogP contribution >= 0.6 is 11.8 Å². The van der Waals surface area contributed by atoms with Gasteiger partial charge < -0.3 is 10.1 Å². The van der Waals surface area contributed by atoms with Crippen molar-refractivity contribution in [2.24, 2.45) is 0 Å². The van der Waals surface area contributed by atoms with Crippen molar-refractivity contribution in [1.29, 1.82) is 0 Å². The highest BCUT2D eigenvalue weighted by molar-refractivity contribution is 8.18. The van der Waals surface area contributed by atoms with Gasteiger partial charge in [0.1, 0.15) is 0 Å². The van der Waals surface area contributed by atoms with Gasteiger partial charge in [0.05, 0.1) is 47.5 Å². The van der Waals surface area contributed by atoms with E-state index in [0.29, 0.717) is 42.3 Å². The van der Waals surface area contributed by atoms with Gasteiger partial charge in [-0.2, -0.15) is 31.4 Å². The molecule has 5 rings (SSSR count). The first kappa shape index (κ1) is 27.2. The van der Waals surface area contributed by atoms with Crippen LogP contribution in [0.4, 0.5) is 31.1 Å². The van der Waals surface area contributed by atoms with Gasteiger partial charge in [-0.3, -0.25) is 19.2 Å². The number of thioether (sulfide) groups is 1. The minimum absolute atomic E-state index is 0.101. The predicted octanol–water partition coefficient (Wildman–Crippen LogP) is 5.15. The third kappa shape index (κ3) is 5.82. The third-order valence-corrected chi connectivity index (χ3v) is 7.21. The molecule has 1 atom stereocenters. The maximum atomic E-state index is 13.6. The summed E-state index contributed by atoms with van der Waals surface area (Å²) in [7, 11) is 0. The van der Waals surface area contributed by atoms with Crippen molar-refractivity contribution in [3.63, 3.8) is 0 Å². The summed E-state index contributed by atoms with van der Waals surface area (Å²) < 4.78 is 86.2. The highest BCUT2D eigenvalue weighted by Crippen LogP contribution is 2.38. The second-order valence-corrected chi connectivity index (χ2v) is 10.00. The number of halogens is 6. The van der Waals surface area contributed by atoms with Crippen molar-refractivity contribution in [2.75, 3.05) is 26.3 Å². The lowest BCUT2D eigenvalue weighted by Gasteiger charge is -2.26. The molecule has 206 valence electrons. The number of aromatic nitrogens is 2. The molecule has 3 heterocycles. The highest BCUT2D eigenvalue weighted by Gasteiger charge is 2.39. The van der Waals surface area contributed by atoms with Gasteiger partial charge in [-0.15, -0.1) is 0 Å². The Balaban J connectivity index is 1.37. The quantitative estimate of drug-likeness (QED) is 0.338. The maximum Gasteiger partial charge on any atom is 0.416 e. The zero-order valence-corrected chi connectivity index (χ0v) is 20.8. The van der Waals surface area contributed by atoms with Crippen molar-refractivity contribution < 1.29 is 40.7 Å². The number of carbonyl (C=O) groups excluding carboxylic acids is 2. The monoisotopic (exact) mass is 570 g/mol. The Kier molecular flexibility index (Phi) is 7.20. The molecule has 39 heavy (non-hydrogen) atoms. The molecule has 7 nitrogen and oxygen atoms in total. The summed E-state index contributed by atoms with van der Waals surface area (Å²) in [5.41, 5.74) is -2.13. The highest BCUT2D eigenvalue weighted by atomic mass is 32.2. The van der Waals surface area contributed by atoms with Crippen molar-refractivity contribution >= 4 is 39.9 Å². The molecule has 2 aromatic carbocycles. The third-order valence-electron chi connectivity index (χ3n) is 6.30. The maximum absolute atomic E-state index is 13.6. The number of benzene rings is 2. The smallest absolute Gasteiger partial charge is 0.378 e. The summed E-state index contributed by atoms with van der Waals surface area (Å²) in [5.74, 6) is -0.435. The number of morpholine rings is 1. The molecule has 1 aromatic heterocycles. The van der Waals surface area contributed by atoms with E-state index in [1.807, 2.05) is 0 Å². The van der Waals surface area contributed by atoms with Gasteiger partial charge in [0.25, 0.3) is 11.1 Å². The summed E-state index contributed by atoms with van der Waals surface area (Å²) in [6, 6.07) is 6.21. The van der Waals surface area contributed by atoms with Crippen molar-refractivity contribution in [1.82, 2.24) is 20.0 Å². The van der Waals surface area contributed by atoms with Crippen LogP contribution in [0.25, 0.3) is 17.0 Å². The van der Waals surface area contributed by atoms with Crippen LogP contribution in [0, 0.1) is 0 Å². The topological polar surface area (TPSA) is 76.5 Å². The Hall–Kier alpha value is -3.36. The van der Waals surface area contributed by atoms with Crippen LogP contribution in [0.15, 0.2) is 47.5 Å². The number of fused-ring (bicyclic) bond motifs is 1. The minimum atomic E-state index is -4.99. The van der Waals surface area contributed by atoms with Crippen LogP contribution in [-0.2, 0) is 28.4 Å². The first-order valence-electron chi connectivity index (χ1n) is 11.7. The molecule has 2 fully saturated rings. The second kappa shape index (κ2) is 10.3. The first-order valence-corrected chi connectivity index (χ1v) is 12.5. The van der Waals surface area contributed by atoms with E-state index in [9.17, 15) is 35.9 Å². The largest absolute Gasteiger partial charge is 0.416 e. The lowest BCUT2D eigenvalue weighted by atomic mass is 10.0. The molecular formula is C25H20F6N4O3S. The van der Waals surface area contributed by atoms with E-state index in [0.717, 1.165) is 22.7 Å². The number of rotatable bonds is 5. The Bertz CT molecular complexity index is 1460. The molecule has 0 unspecified atom stereocenters. The van der Waals surface area contributed by atoms with E-state index in [-0.39, 0.29) is 29.1 Å². The van der Waals surface area contributed by atoms with Crippen LogP contribution in [0.1, 0.15) is 22.3 Å². The zero-order chi connectivity index (χ0) is 27.9. The standard InChI is InChI=1S/C25H20F6N4O3S/c26-24(27,28)17-3-2-15(19(9-17)25(29,30)31)11-35-20-4-1-14(7-16(20)10-33-35)8-21-22(36)34(23(37)39-21)12-18-13-38-6-5-32-18/h1-4,7-10,18,32H,5-6,11-13H2/b21-8-/t18-/m0/s1. The van der Waals surface area contributed by atoms with Crippen LogP contribution in [0.2, 0.25) is 0 Å². The Morgan fingerprint density at radius 1 is 1.08 bits per heavy atom. The van der Waals surface area contributed by atoms with Gasteiger partial charge in [0.15, 0.2) is 0 Å². The predicted molar refractivity (Wildman–Crippen MR) is 131 cm³/mol. The van der Waals surface area contributed by atoms with E-state index >= 15 is 0 Å². The fourth-order valence-electron chi connectivity index (χ4n) is 4.40. The van der Waals surface area contributed by atoms with Crippen LogP contribution in [-0.4, -0.2) is 58.2 Å². The second-order valence-electron chi connectivity index (χ2n) is 9.01. The lowest BCUT2D eigenvalue weighted by molar-refractivity contribution is -0.143. The summed E-state index contributed by atoms with van der Waals surface area (Å²) in [6.45, 7) is 1.34. The molecule has 2 aliphatic rings. The van der Waals surface area contributed by atoms with E-state index in [2.05, 4.69) is 10.4 Å². The van der Waals surface area contributed by atoms with Gasteiger partial charge in [-0.05, 0) is 53.2 Å². The van der Waals surface area contributed by atoms with Crippen LogP contribution < -0.4 is 5.32 Å². The summed E-state index contributed by atoms with van der Waals surface area (Å²) in [6.07, 6.45) is -6.95. The number of alkyl halides is 6. The van der Waals surface area contributed by atoms with Crippen LogP contribution in [0.5, 0.6) is 0 Å². The molecule has 0 radical (unpaired) electrons. The van der Waals surface area contributed by atoms with Gasteiger partial charge in [-0.25, -0.2) is 0 Å². The molecule has 14 heteroatoms. The minimum Gasteiger partial charge on any atom is -0.378 e. The van der Waals surface area contributed by atoms with E-state index < -0.39 is 41.2 Å². The first-order chi connectivity index (χ1) is 18.4. The van der Waals surface area contributed by atoms with Gasteiger partial charge >= 0.3 is 12.4 Å². The van der Waals surface area contributed by atoms with Crippen molar-refractivity contribution in [3.05, 3.63) is 69.8 Å². The Morgan fingerprint density at radius 2 is 1.87 bits per heavy atom. The SMILES string of the molecule is O=C1S/C(=C\c2ccc3c(cnn3Cc3ccc(C(F)(F)F)cc3C(F)(F)F)c2)C(=O)N1C[C@H]1COCCN1. The molecule has 0 spiro atoms. The van der Waals surface area contributed by atoms with Crippen LogP contribution in [0.3, 0.4) is 0 Å². The number of hydrogen-bond acceptors (Lipinski definition) is 6. The Morgan fingerprint density at radius 3 is 2.56 bits per heavy atom. The molecular weight excluding hydrogens is 550 g/mol. The van der Waals surface area contributed by atoms with E-state index in [1.165, 1.54) is 10.9 Å². The average Bonchev–Trinajstić information content (AvgIpc) is 3.38. The van der Waals surface area contributed by atoms with Crippen molar-refractivity contribution in [2.45, 2.75) is 24.9 Å². The fraction of sp³-hybridized carbons (Fsp3) is 0.320. The fourth-order valence-corrected chi connectivity index (χ4v) is 5.25. The van der Waals surface area contributed by atoms with Crippen molar-refractivity contribution in [3.8, 4) is 0 Å². The number of nitrogens with zero attached hydrogens (tertiary/aromatic N) is 3. The molecule has 1 N–H and O–H groups in total. The summed E-state index contributed by atoms with van der Waals surface area (Å²) >= 11 is 0.807. The number of amides is 2. The molecule has 2 amide bonds. The molecule has 0 bridgehead atoms. The summed E-state index contributed by atoms with van der Waals surface area (Å²) in [5, 5.41) is 7.44. The van der Waals surface area contributed by atoms with Gasteiger partial charge in [0, 0.05) is 24.5 Å². The normalized spacial score (nSPS) is 20.0. The zero-order valence-electron chi connectivity index (χ0n) is 20.0. The average molecular weight is 571 g/mol. The number of hydrogen-bond donors (Lipinski definition) is 1. The molecule has 2 aliphatic heterocycles. The Labute approximate surface area is 221 Å². The van der Waals surface area contributed by atoms with E-state index in [1.54, 1.807) is 24.3 Å². The molecule has 0 aliphatic carbocycles. The molecule has 0 saturated carbocycles. The van der Waals surface area contributed by atoms with Gasteiger partial charge in [-0.1, -0.05) is 12.1 Å². The van der Waals surface area contributed by atoms with Gasteiger partial charge in [0.2, 0.25) is 0 Å². The lowest BCUT2D eigenvalue weighted by Crippen LogP contribution is -2.49. The molecule has 3 aromatic rings. The van der Waals surface area contributed by atoms with E-state index in [4.69, 9.17) is 4.74 Å². The molecule has 2 saturated heterocycles. The number of imide groups is 1. The summed E-state index contributed by atoms with van der Waals surface area (Å²) in [4.78, 5) is 26.6. The number of ether oxygens (including phenoxy) is 1. The number of carbonyl (C=O) groups is 2. The number of nitrogens with one attached hydrogen (secondary N) is 1.